The highest BCUT2D eigenvalue weighted by molar-refractivity contribution is 5.76. The van der Waals surface area contributed by atoms with Crippen molar-refractivity contribution < 1.29 is 5.11 Å². The quantitative estimate of drug-likeness (QED) is 0.813. The summed E-state index contributed by atoms with van der Waals surface area (Å²) >= 11 is 0. The van der Waals surface area contributed by atoms with Gasteiger partial charge in [0.2, 0.25) is 0 Å². The number of rotatable bonds is 7. The van der Waals surface area contributed by atoms with Crippen LogP contribution in [0.25, 0.3) is 11.0 Å². The van der Waals surface area contributed by atoms with E-state index in [9.17, 15) is 0 Å². The van der Waals surface area contributed by atoms with Gasteiger partial charge in [-0.1, -0.05) is 25.5 Å². The van der Waals surface area contributed by atoms with Gasteiger partial charge >= 0.3 is 0 Å². The summed E-state index contributed by atoms with van der Waals surface area (Å²) in [4.78, 5) is 9.20. The lowest BCUT2D eigenvalue weighted by Gasteiger charge is -2.17. The van der Waals surface area contributed by atoms with Gasteiger partial charge in [0.25, 0.3) is 0 Å². The number of aryl methyl sites for hydroxylation is 1. The number of fused-ring (bicyclic) bond motifs is 1. The third-order valence-electron chi connectivity index (χ3n) is 3.54. The van der Waals surface area contributed by atoms with Crippen LogP contribution in [0.1, 0.15) is 31.9 Å². The molecule has 0 amide bonds. The van der Waals surface area contributed by atoms with Crippen molar-refractivity contribution in [1.29, 1.82) is 0 Å². The summed E-state index contributed by atoms with van der Waals surface area (Å²) in [7, 11) is 0. The van der Waals surface area contributed by atoms with Crippen molar-refractivity contribution in [1.82, 2.24) is 9.97 Å². The predicted molar refractivity (Wildman–Crippen MR) is 82.9 cm³/mol. The van der Waals surface area contributed by atoms with Crippen LogP contribution in [0.4, 0.5) is 5.82 Å². The Hall–Kier alpha value is -1.68. The van der Waals surface area contributed by atoms with Gasteiger partial charge in [-0.25, -0.2) is 9.97 Å². The molecule has 1 atom stereocenters. The fourth-order valence-electron chi connectivity index (χ4n) is 2.44. The van der Waals surface area contributed by atoms with E-state index < -0.39 is 0 Å². The number of anilines is 1. The summed E-state index contributed by atoms with van der Waals surface area (Å²) < 4.78 is 0. The third kappa shape index (κ3) is 3.67. The minimum absolute atomic E-state index is 0.245. The maximum absolute atomic E-state index is 9.10. The molecule has 2 aromatic rings. The van der Waals surface area contributed by atoms with Crippen molar-refractivity contribution in [2.45, 2.75) is 33.1 Å². The minimum atomic E-state index is 0.245. The monoisotopic (exact) mass is 273 g/mol. The molecular formula is C16H23N3O. The van der Waals surface area contributed by atoms with Crippen molar-refractivity contribution in [3.8, 4) is 0 Å². The van der Waals surface area contributed by atoms with Gasteiger partial charge in [0.15, 0.2) is 0 Å². The molecule has 0 spiro atoms. The first-order valence-corrected chi connectivity index (χ1v) is 7.32. The Kier molecular flexibility index (Phi) is 5.30. The molecule has 2 rings (SSSR count). The largest absolute Gasteiger partial charge is 0.396 e. The molecule has 0 radical (unpaired) electrons. The zero-order valence-electron chi connectivity index (χ0n) is 12.3. The molecule has 20 heavy (non-hydrogen) atoms. The first-order valence-electron chi connectivity index (χ1n) is 7.32. The van der Waals surface area contributed by atoms with E-state index in [0.717, 1.165) is 48.4 Å². The highest BCUT2D eigenvalue weighted by Gasteiger charge is 2.09. The van der Waals surface area contributed by atoms with Gasteiger partial charge in [-0.15, -0.1) is 0 Å². The summed E-state index contributed by atoms with van der Waals surface area (Å²) in [5.74, 6) is 1.33. The summed E-state index contributed by atoms with van der Waals surface area (Å²) in [5.41, 5.74) is 2.76. The van der Waals surface area contributed by atoms with Crippen molar-refractivity contribution >= 4 is 16.9 Å². The fraction of sp³-hybridized carbons (Fsp3) is 0.500. The fourth-order valence-corrected chi connectivity index (χ4v) is 2.44. The van der Waals surface area contributed by atoms with Crippen LogP contribution < -0.4 is 5.32 Å². The van der Waals surface area contributed by atoms with Crippen LogP contribution in [0.3, 0.4) is 0 Å². The maximum atomic E-state index is 9.10. The first-order chi connectivity index (χ1) is 9.74. The standard InChI is InChI=1S/C16H23N3O/c1-3-6-13(9-10-20)11-17-16-12(2)18-14-7-4-5-8-15(14)19-16/h4-5,7-8,13,20H,3,6,9-11H2,1-2H3,(H,17,19). The van der Waals surface area contributed by atoms with Crippen molar-refractivity contribution in [2.24, 2.45) is 5.92 Å². The molecular weight excluding hydrogens is 250 g/mol. The lowest BCUT2D eigenvalue weighted by Crippen LogP contribution is -2.17. The van der Waals surface area contributed by atoms with Gasteiger partial charge in [0, 0.05) is 13.2 Å². The molecule has 0 saturated carbocycles. The molecule has 0 bridgehead atoms. The van der Waals surface area contributed by atoms with E-state index in [4.69, 9.17) is 5.11 Å². The van der Waals surface area contributed by atoms with E-state index in [2.05, 4.69) is 22.2 Å². The number of hydrogen-bond donors (Lipinski definition) is 2. The summed E-state index contributed by atoms with van der Waals surface area (Å²) in [6.45, 7) is 5.23. The smallest absolute Gasteiger partial charge is 0.148 e. The second kappa shape index (κ2) is 7.20. The second-order valence-corrected chi connectivity index (χ2v) is 5.19. The van der Waals surface area contributed by atoms with Gasteiger partial charge < -0.3 is 10.4 Å². The molecule has 1 aromatic heterocycles. The Morgan fingerprint density at radius 2 is 1.85 bits per heavy atom. The summed E-state index contributed by atoms with van der Waals surface area (Å²) in [6.07, 6.45) is 3.09. The minimum Gasteiger partial charge on any atom is -0.396 e. The average Bonchev–Trinajstić information content (AvgIpc) is 2.45. The summed E-state index contributed by atoms with van der Waals surface area (Å²) in [6, 6.07) is 7.90. The molecule has 0 aliphatic heterocycles. The van der Waals surface area contributed by atoms with Crippen LogP contribution in [-0.4, -0.2) is 28.2 Å². The number of para-hydroxylation sites is 2. The van der Waals surface area contributed by atoms with Crippen LogP contribution in [0, 0.1) is 12.8 Å². The van der Waals surface area contributed by atoms with E-state index in [1.807, 2.05) is 31.2 Å². The maximum Gasteiger partial charge on any atom is 0.148 e. The third-order valence-corrected chi connectivity index (χ3v) is 3.54. The number of aliphatic hydroxyl groups is 1. The normalized spacial score (nSPS) is 12.6. The number of nitrogens with one attached hydrogen (secondary N) is 1. The number of benzene rings is 1. The zero-order chi connectivity index (χ0) is 14.4. The molecule has 2 N–H and O–H groups in total. The highest BCUT2D eigenvalue weighted by Crippen LogP contribution is 2.18. The topological polar surface area (TPSA) is 58.0 Å². The Morgan fingerprint density at radius 1 is 1.15 bits per heavy atom. The van der Waals surface area contributed by atoms with E-state index >= 15 is 0 Å². The molecule has 0 saturated heterocycles. The van der Waals surface area contributed by atoms with Crippen molar-refractivity contribution in [2.75, 3.05) is 18.5 Å². The van der Waals surface area contributed by atoms with E-state index in [1.165, 1.54) is 0 Å². The van der Waals surface area contributed by atoms with Gasteiger partial charge in [-0.2, -0.15) is 0 Å². The van der Waals surface area contributed by atoms with Crippen LogP contribution in [0.15, 0.2) is 24.3 Å². The van der Waals surface area contributed by atoms with Crippen molar-refractivity contribution in [3.05, 3.63) is 30.0 Å². The predicted octanol–water partition coefficient (Wildman–Crippen LogP) is 3.15. The average molecular weight is 273 g/mol. The number of aromatic nitrogens is 2. The van der Waals surface area contributed by atoms with Crippen molar-refractivity contribution in [3.63, 3.8) is 0 Å². The molecule has 0 fully saturated rings. The van der Waals surface area contributed by atoms with Gasteiger partial charge in [0.05, 0.1) is 16.7 Å². The molecule has 4 heteroatoms. The first kappa shape index (κ1) is 14.7. The SMILES string of the molecule is CCCC(CCO)CNc1nc2ccccc2nc1C. The molecule has 4 nitrogen and oxygen atoms in total. The van der Waals surface area contributed by atoms with E-state index in [0.29, 0.717) is 5.92 Å². The van der Waals surface area contributed by atoms with E-state index in [1.54, 1.807) is 0 Å². The molecule has 1 heterocycles. The lowest BCUT2D eigenvalue weighted by molar-refractivity contribution is 0.255. The zero-order valence-corrected chi connectivity index (χ0v) is 12.3. The molecule has 108 valence electrons. The van der Waals surface area contributed by atoms with Gasteiger partial charge in [0.1, 0.15) is 5.82 Å². The molecule has 0 aliphatic rings. The van der Waals surface area contributed by atoms with Gasteiger partial charge in [-0.3, -0.25) is 0 Å². The van der Waals surface area contributed by atoms with Crippen LogP contribution in [0.2, 0.25) is 0 Å². The van der Waals surface area contributed by atoms with Crippen LogP contribution in [-0.2, 0) is 0 Å². The second-order valence-electron chi connectivity index (χ2n) is 5.19. The Morgan fingerprint density at radius 3 is 2.50 bits per heavy atom. The molecule has 1 unspecified atom stereocenters. The Bertz CT molecular complexity index is 550. The molecule has 0 aliphatic carbocycles. The number of nitrogens with zero attached hydrogens (tertiary/aromatic N) is 2. The number of aliphatic hydroxyl groups excluding tert-OH is 1. The summed E-state index contributed by atoms with van der Waals surface area (Å²) in [5, 5.41) is 12.5. The Labute approximate surface area is 120 Å². The molecule has 1 aromatic carbocycles. The highest BCUT2D eigenvalue weighted by atomic mass is 16.3. The van der Waals surface area contributed by atoms with E-state index in [-0.39, 0.29) is 6.61 Å². The van der Waals surface area contributed by atoms with Crippen LogP contribution >= 0.6 is 0 Å². The number of hydrogen-bond acceptors (Lipinski definition) is 4. The van der Waals surface area contributed by atoms with Crippen LogP contribution in [0.5, 0.6) is 0 Å². The Balaban J connectivity index is 2.10. The van der Waals surface area contributed by atoms with Gasteiger partial charge in [-0.05, 0) is 37.8 Å². The lowest BCUT2D eigenvalue weighted by atomic mass is 10.0.